The maximum absolute atomic E-state index is 12.6. The van der Waals surface area contributed by atoms with Gasteiger partial charge in [0.15, 0.2) is 0 Å². The Morgan fingerprint density at radius 1 is 1.29 bits per heavy atom. The molecule has 0 aromatic carbocycles. The molecule has 0 spiro atoms. The molecular weight excluding hydrogens is 260 g/mol. The van der Waals surface area contributed by atoms with E-state index < -0.39 is 0 Å². The van der Waals surface area contributed by atoms with E-state index in [4.69, 9.17) is 0 Å². The van der Waals surface area contributed by atoms with Crippen molar-refractivity contribution in [2.24, 2.45) is 5.92 Å². The lowest BCUT2D eigenvalue weighted by Gasteiger charge is -2.42. The van der Waals surface area contributed by atoms with Crippen LogP contribution in [0.15, 0.2) is 23.4 Å². The molecule has 0 unspecified atom stereocenters. The smallest absolute Gasteiger partial charge is 0.233 e. The molecule has 0 bridgehead atoms. The van der Waals surface area contributed by atoms with E-state index in [0.717, 1.165) is 23.1 Å². The third kappa shape index (κ3) is 3.76. The monoisotopic (exact) mass is 291 g/mol. The molecule has 0 aromatic heterocycles. The fraction of sp³-hybridized carbons (Fsp3) is 0.722. The summed E-state index contributed by atoms with van der Waals surface area (Å²) in [7, 11) is 4.68. The normalized spacial score (nSPS) is 29.8. The number of piperidine rings is 1. The van der Waals surface area contributed by atoms with Gasteiger partial charge in [0.05, 0.1) is 32.6 Å². The van der Waals surface area contributed by atoms with Gasteiger partial charge < -0.3 is 9.38 Å². The number of rotatable bonds is 3. The van der Waals surface area contributed by atoms with E-state index in [1.54, 1.807) is 0 Å². The topological polar surface area (TPSA) is 20.3 Å². The number of allylic oxidation sites excluding steroid dienone is 3. The lowest BCUT2D eigenvalue weighted by Crippen LogP contribution is -2.53. The fourth-order valence-electron chi connectivity index (χ4n) is 3.83. The van der Waals surface area contributed by atoms with E-state index in [9.17, 15) is 4.79 Å². The average molecular weight is 291 g/mol. The zero-order valence-corrected chi connectivity index (χ0v) is 14.4. The van der Waals surface area contributed by atoms with E-state index in [1.807, 2.05) is 11.8 Å². The summed E-state index contributed by atoms with van der Waals surface area (Å²) in [6, 6.07) is 0.687. The molecule has 1 fully saturated rings. The van der Waals surface area contributed by atoms with Gasteiger partial charge >= 0.3 is 0 Å². The Hall–Kier alpha value is -1.09. The summed E-state index contributed by atoms with van der Waals surface area (Å²) >= 11 is 0. The summed E-state index contributed by atoms with van der Waals surface area (Å²) < 4.78 is 1.11. The van der Waals surface area contributed by atoms with Crippen LogP contribution in [0, 0.1) is 5.92 Å². The molecule has 118 valence electrons. The van der Waals surface area contributed by atoms with Crippen LogP contribution < -0.4 is 0 Å². The van der Waals surface area contributed by atoms with Crippen LogP contribution in [0.3, 0.4) is 0 Å². The number of carbonyl (C=O) groups is 1. The van der Waals surface area contributed by atoms with Crippen molar-refractivity contribution in [3.63, 3.8) is 0 Å². The molecule has 2 atom stereocenters. The minimum atomic E-state index is -0.00689. The Bertz CT molecular complexity index is 462. The molecule has 2 aliphatic heterocycles. The van der Waals surface area contributed by atoms with Gasteiger partial charge in [-0.2, -0.15) is 0 Å². The average Bonchev–Trinajstić information content (AvgIpc) is 2.47. The zero-order valence-electron chi connectivity index (χ0n) is 14.4. The van der Waals surface area contributed by atoms with Gasteiger partial charge in [-0.05, 0) is 39.2 Å². The first-order valence-electron chi connectivity index (χ1n) is 8.32. The Morgan fingerprint density at radius 2 is 2.00 bits per heavy atom. The van der Waals surface area contributed by atoms with Crippen molar-refractivity contribution >= 4 is 5.91 Å². The first kappa shape index (κ1) is 16.3. The van der Waals surface area contributed by atoms with Gasteiger partial charge in [-0.3, -0.25) is 4.79 Å². The van der Waals surface area contributed by atoms with Gasteiger partial charge in [-0.15, -0.1) is 0 Å². The molecule has 0 aromatic rings. The number of hydrogen-bond donors (Lipinski definition) is 0. The number of amides is 1. The second-order valence-corrected chi connectivity index (χ2v) is 7.42. The first-order chi connectivity index (χ1) is 9.81. The molecule has 3 nitrogen and oxygen atoms in total. The zero-order chi connectivity index (χ0) is 15.6. The summed E-state index contributed by atoms with van der Waals surface area (Å²) in [5, 5.41) is 0. The van der Waals surface area contributed by atoms with Gasteiger partial charge in [0.25, 0.3) is 0 Å². The van der Waals surface area contributed by atoms with Crippen LogP contribution in [-0.2, 0) is 4.79 Å². The SMILES string of the molecule is CC1=C[C@H](C)C(=O)N(CC[C@@H]2CCCC[N+]2(C)C)C(C)=C1. The lowest BCUT2D eigenvalue weighted by molar-refractivity contribution is -0.920. The van der Waals surface area contributed by atoms with Crippen molar-refractivity contribution in [2.45, 2.75) is 52.5 Å². The van der Waals surface area contributed by atoms with Crippen LogP contribution in [0.4, 0.5) is 0 Å². The van der Waals surface area contributed by atoms with Gasteiger partial charge in [0.1, 0.15) is 0 Å². The van der Waals surface area contributed by atoms with Crippen molar-refractivity contribution in [2.75, 3.05) is 27.2 Å². The Kier molecular flexibility index (Phi) is 4.92. The standard InChI is InChI=1S/C18H31N2O/c1-14-12-15(2)18(21)19(16(3)13-14)10-9-17-8-6-7-11-20(17,4)5/h12-13,15,17H,6-11H2,1-5H3/q+1/t15-,17-/m0/s1. The highest BCUT2D eigenvalue weighted by Gasteiger charge is 2.32. The fourth-order valence-corrected chi connectivity index (χ4v) is 3.83. The van der Waals surface area contributed by atoms with Crippen molar-refractivity contribution in [3.05, 3.63) is 23.4 Å². The largest absolute Gasteiger partial charge is 0.326 e. The summed E-state index contributed by atoms with van der Waals surface area (Å²) in [6.07, 6.45) is 9.30. The molecule has 0 N–H and O–H groups in total. The highest BCUT2D eigenvalue weighted by atomic mass is 16.2. The Labute approximate surface area is 129 Å². The number of quaternary nitrogens is 1. The van der Waals surface area contributed by atoms with E-state index in [0.29, 0.717) is 6.04 Å². The van der Waals surface area contributed by atoms with E-state index in [-0.39, 0.29) is 11.8 Å². The number of nitrogens with zero attached hydrogens (tertiary/aromatic N) is 2. The van der Waals surface area contributed by atoms with Crippen LogP contribution in [0.1, 0.15) is 46.5 Å². The molecule has 2 aliphatic rings. The van der Waals surface area contributed by atoms with Crippen molar-refractivity contribution in [1.82, 2.24) is 4.90 Å². The second-order valence-electron chi connectivity index (χ2n) is 7.42. The van der Waals surface area contributed by atoms with Gasteiger partial charge in [0, 0.05) is 18.7 Å². The van der Waals surface area contributed by atoms with E-state index in [1.165, 1.54) is 31.4 Å². The molecule has 1 saturated heterocycles. The maximum Gasteiger partial charge on any atom is 0.233 e. The summed E-state index contributed by atoms with van der Waals surface area (Å²) in [4.78, 5) is 14.6. The van der Waals surface area contributed by atoms with Crippen LogP contribution in [0.5, 0.6) is 0 Å². The molecule has 2 rings (SSSR count). The molecular formula is C18H31N2O+. The molecule has 2 heterocycles. The summed E-state index contributed by atoms with van der Waals surface area (Å²) in [5.41, 5.74) is 2.30. The first-order valence-corrected chi connectivity index (χ1v) is 8.32. The maximum atomic E-state index is 12.6. The van der Waals surface area contributed by atoms with Gasteiger partial charge in [-0.1, -0.05) is 18.6 Å². The Morgan fingerprint density at radius 3 is 2.67 bits per heavy atom. The summed E-state index contributed by atoms with van der Waals surface area (Å²) in [5.74, 6) is 0.245. The number of likely N-dealkylation sites (tertiary alicyclic amines) is 1. The third-order valence-corrected chi connectivity index (χ3v) is 5.23. The van der Waals surface area contributed by atoms with Gasteiger partial charge in [0.2, 0.25) is 5.91 Å². The van der Waals surface area contributed by atoms with Crippen LogP contribution in [0.25, 0.3) is 0 Å². The molecule has 3 heteroatoms. The molecule has 0 radical (unpaired) electrons. The minimum Gasteiger partial charge on any atom is -0.326 e. The quantitative estimate of drug-likeness (QED) is 0.730. The molecule has 0 saturated carbocycles. The summed E-state index contributed by atoms with van der Waals surface area (Å²) in [6.45, 7) is 8.28. The van der Waals surface area contributed by atoms with Crippen LogP contribution in [-0.4, -0.2) is 48.5 Å². The molecule has 21 heavy (non-hydrogen) atoms. The third-order valence-electron chi connectivity index (χ3n) is 5.23. The van der Waals surface area contributed by atoms with E-state index in [2.05, 4.69) is 40.1 Å². The minimum absolute atomic E-state index is 0.00689. The van der Waals surface area contributed by atoms with Crippen molar-refractivity contribution < 1.29 is 9.28 Å². The van der Waals surface area contributed by atoms with Crippen molar-refractivity contribution in [1.29, 1.82) is 0 Å². The predicted molar refractivity (Wildman–Crippen MR) is 87.6 cm³/mol. The van der Waals surface area contributed by atoms with Crippen molar-refractivity contribution in [3.8, 4) is 0 Å². The van der Waals surface area contributed by atoms with Gasteiger partial charge in [-0.25, -0.2) is 0 Å². The highest BCUT2D eigenvalue weighted by molar-refractivity contribution is 5.82. The molecule has 0 aliphatic carbocycles. The lowest BCUT2D eigenvalue weighted by atomic mass is 9.97. The van der Waals surface area contributed by atoms with Crippen LogP contribution in [0.2, 0.25) is 0 Å². The van der Waals surface area contributed by atoms with Crippen LogP contribution >= 0.6 is 0 Å². The number of carbonyl (C=O) groups excluding carboxylic acids is 1. The molecule has 1 amide bonds. The predicted octanol–water partition coefficient (Wildman–Crippen LogP) is 3.33. The number of hydrogen-bond acceptors (Lipinski definition) is 1. The Balaban J connectivity index is 2.04. The highest BCUT2D eigenvalue weighted by Crippen LogP contribution is 2.26. The van der Waals surface area contributed by atoms with E-state index >= 15 is 0 Å². The second kappa shape index (κ2) is 6.35.